The predicted octanol–water partition coefficient (Wildman–Crippen LogP) is 3.59. The number of hydrogen-bond donors (Lipinski definition) is 2. The van der Waals surface area contributed by atoms with Crippen molar-refractivity contribution in [3.8, 4) is 5.75 Å². The molecule has 0 saturated heterocycles. The van der Waals surface area contributed by atoms with Crippen molar-refractivity contribution >= 4 is 29.3 Å². The highest BCUT2D eigenvalue weighted by molar-refractivity contribution is 7.99. The molecule has 0 atom stereocenters. The van der Waals surface area contributed by atoms with Crippen molar-refractivity contribution in [2.24, 2.45) is 0 Å². The molecule has 1 aromatic carbocycles. The monoisotopic (exact) mass is 276 g/mol. The second kappa shape index (κ2) is 10.3. The van der Waals surface area contributed by atoms with Gasteiger partial charge < -0.3 is 10.2 Å². The minimum Gasteiger partial charge on any atom is -0.508 e. The molecular weight excluding hydrogens is 260 g/mol. The number of aliphatic carboxylic acids is 1. The minimum absolute atomic E-state index is 0.324. The van der Waals surface area contributed by atoms with Crippen LogP contribution in [-0.2, 0) is 4.79 Å². The van der Waals surface area contributed by atoms with Crippen LogP contribution in [0.1, 0.15) is 19.8 Å². The number of phenols is 1. The number of alkyl halides is 1. The maximum absolute atomic E-state index is 9.04. The first-order valence-electron chi connectivity index (χ1n) is 5.23. The average Bonchev–Trinajstić information content (AvgIpc) is 2.26. The van der Waals surface area contributed by atoms with Crippen molar-refractivity contribution in [1.29, 1.82) is 0 Å². The SMILES string of the molecule is CC(=O)O.Oc1ccc(SCCCCCl)cc1. The molecule has 0 radical (unpaired) electrons. The number of benzene rings is 1. The molecule has 0 heterocycles. The van der Waals surface area contributed by atoms with Gasteiger partial charge in [-0.05, 0) is 42.9 Å². The molecule has 0 saturated carbocycles. The molecule has 0 aliphatic rings. The van der Waals surface area contributed by atoms with Crippen LogP contribution in [0.2, 0.25) is 0 Å². The van der Waals surface area contributed by atoms with E-state index in [1.807, 2.05) is 12.1 Å². The summed E-state index contributed by atoms with van der Waals surface area (Å²) >= 11 is 7.36. The van der Waals surface area contributed by atoms with Gasteiger partial charge in [-0.1, -0.05) is 0 Å². The lowest BCUT2D eigenvalue weighted by atomic mass is 10.3. The molecule has 5 heteroatoms. The summed E-state index contributed by atoms with van der Waals surface area (Å²) in [7, 11) is 0. The van der Waals surface area contributed by atoms with Gasteiger partial charge in [0.15, 0.2) is 0 Å². The normalized spacial score (nSPS) is 9.29. The lowest BCUT2D eigenvalue weighted by molar-refractivity contribution is -0.134. The smallest absolute Gasteiger partial charge is 0.300 e. The third-order valence-corrected chi connectivity index (χ3v) is 3.00. The van der Waals surface area contributed by atoms with Crippen LogP contribution in [-0.4, -0.2) is 27.8 Å². The molecule has 0 fully saturated rings. The second-order valence-electron chi connectivity index (χ2n) is 3.26. The number of aromatic hydroxyl groups is 1. The molecule has 0 aromatic heterocycles. The van der Waals surface area contributed by atoms with Crippen molar-refractivity contribution in [3.63, 3.8) is 0 Å². The highest BCUT2D eigenvalue weighted by Crippen LogP contribution is 2.21. The van der Waals surface area contributed by atoms with E-state index in [0.29, 0.717) is 5.75 Å². The maximum atomic E-state index is 9.04. The zero-order valence-electron chi connectivity index (χ0n) is 9.73. The zero-order chi connectivity index (χ0) is 13.1. The summed E-state index contributed by atoms with van der Waals surface area (Å²) in [5, 5.41) is 16.5. The standard InChI is InChI=1S/C10H13ClOS.C2H4O2/c11-7-1-2-8-13-10-5-3-9(12)4-6-10;1-2(3)4/h3-6,12H,1-2,7-8H2;1H3,(H,3,4). The first-order chi connectivity index (χ1) is 8.06. The first kappa shape index (κ1) is 16.1. The lowest BCUT2D eigenvalue weighted by Gasteiger charge is -2.00. The van der Waals surface area contributed by atoms with Gasteiger partial charge >= 0.3 is 0 Å². The fraction of sp³-hybridized carbons (Fsp3) is 0.417. The van der Waals surface area contributed by atoms with E-state index < -0.39 is 5.97 Å². The molecular formula is C12H17ClO3S. The molecule has 0 bridgehead atoms. The van der Waals surface area contributed by atoms with E-state index >= 15 is 0 Å². The predicted molar refractivity (Wildman–Crippen MR) is 72.1 cm³/mol. The number of hydrogen-bond acceptors (Lipinski definition) is 3. The highest BCUT2D eigenvalue weighted by atomic mass is 35.5. The molecule has 0 spiro atoms. The van der Waals surface area contributed by atoms with Crippen molar-refractivity contribution in [3.05, 3.63) is 24.3 Å². The molecule has 0 aliphatic carbocycles. The van der Waals surface area contributed by atoms with Crippen LogP contribution < -0.4 is 0 Å². The summed E-state index contributed by atoms with van der Waals surface area (Å²) < 4.78 is 0. The number of thioether (sulfide) groups is 1. The number of carbonyl (C=O) groups is 1. The van der Waals surface area contributed by atoms with Gasteiger partial charge in [-0.15, -0.1) is 23.4 Å². The Labute approximate surface area is 111 Å². The molecule has 17 heavy (non-hydrogen) atoms. The van der Waals surface area contributed by atoms with Crippen LogP contribution in [0.5, 0.6) is 5.75 Å². The fourth-order valence-corrected chi connectivity index (χ4v) is 2.03. The van der Waals surface area contributed by atoms with E-state index in [-0.39, 0.29) is 0 Å². The van der Waals surface area contributed by atoms with E-state index in [1.54, 1.807) is 23.9 Å². The number of rotatable bonds is 5. The molecule has 1 rings (SSSR count). The van der Waals surface area contributed by atoms with E-state index in [2.05, 4.69) is 0 Å². The highest BCUT2D eigenvalue weighted by Gasteiger charge is 1.93. The Bertz CT molecular complexity index is 310. The Morgan fingerprint density at radius 3 is 2.29 bits per heavy atom. The molecule has 2 N–H and O–H groups in total. The van der Waals surface area contributed by atoms with Crippen LogP contribution >= 0.6 is 23.4 Å². The molecule has 0 unspecified atom stereocenters. The number of carboxylic acids is 1. The van der Waals surface area contributed by atoms with Crippen molar-refractivity contribution in [2.75, 3.05) is 11.6 Å². The summed E-state index contributed by atoms with van der Waals surface area (Å²) in [5.74, 6) is 1.33. The van der Waals surface area contributed by atoms with Gasteiger partial charge in [0.2, 0.25) is 0 Å². The average molecular weight is 277 g/mol. The van der Waals surface area contributed by atoms with Crippen LogP contribution in [0.25, 0.3) is 0 Å². The molecule has 0 aliphatic heterocycles. The van der Waals surface area contributed by atoms with Gasteiger partial charge in [-0.3, -0.25) is 4.79 Å². The number of carboxylic acid groups (broad SMARTS) is 1. The molecule has 1 aromatic rings. The van der Waals surface area contributed by atoms with Crippen molar-refractivity contribution in [2.45, 2.75) is 24.7 Å². The van der Waals surface area contributed by atoms with Gasteiger partial charge in [-0.25, -0.2) is 0 Å². The molecule has 96 valence electrons. The van der Waals surface area contributed by atoms with Gasteiger partial charge in [0, 0.05) is 17.7 Å². The molecule has 0 amide bonds. The quantitative estimate of drug-likeness (QED) is 0.490. The third kappa shape index (κ3) is 11.4. The second-order valence-corrected chi connectivity index (χ2v) is 4.80. The Morgan fingerprint density at radius 1 is 1.29 bits per heavy atom. The van der Waals surface area contributed by atoms with E-state index in [1.165, 1.54) is 4.90 Å². The summed E-state index contributed by atoms with van der Waals surface area (Å²) in [6.45, 7) is 1.08. The van der Waals surface area contributed by atoms with Gasteiger partial charge in [0.05, 0.1) is 0 Å². The molecule has 3 nitrogen and oxygen atoms in total. The van der Waals surface area contributed by atoms with Crippen LogP contribution in [0.3, 0.4) is 0 Å². The van der Waals surface area contributed by atoms with Crippen LogP contribution in [0.4, 0.5) is 0 Å². The Kier molecular flexibility index (Phi) is 9.77. The van der Waals surface area contributed by atoms with E-state index in [4.69, 9.17) is 26.6 Å². The largest absolute Gasteiger partial charge is 0.508 e. The summed E-state index contributed by atoms with van der Waals surface area (Å²) in [6, 6.07) is 7.29. The summed E-state index contributed by atoms with van der Waals surface area (Å²) in [5.41, 5.74) is 0. The van der Waals surface area contributed by atoms with Crippen LogP contribution in [0, 0.1) is 0 Å². The third-order valence-electron chi connectivity index (χ3n) is 1.63. The van der Waals surface area contributed by atoms with Gasteiger partial charge in [0.25, 0.3) is 5.97 Å². The van der Waals surface area contributed by atoms with E-state index in [9.17, 15) is 0 Å². The topological polar surface area (TPSA) is 57.5 Å². The van der Waals surface area contributed by atoms with Crippen LogP contribution in [0.15, 0.2) is 29.2 Å². The van der Waals surface area contributed by atoms with E-state index in [0.717, 1.165) is 31.4 Å². The Morgan fingerprint density at radius 2 is 1.82 bits per heavy atom. The number of unbranched alkanes of at least 4 members (excludes halogenated alkanes) is 1. The van der Waals surface area contributed by atoms with Gasteiger partial charge in [0.1, 0.15) is 5.75 Å². The summed E-state index contributed by atoms with van der Waals surface area (Å²) in [4.78, 5) is 10.2. The zero-order valence-corrected chi connectivity index (χ0v) is 11.3. The maximum Gasteiger partial charge on any atom is 0.300 e. The minimum atomic E-state index is -0.833. The van der Waals surface area contributed by atoms with Crippen molar-refractivity contribution in [1.82, 2.24) is 0 Å². The first-order valence-corrected chi connectivity index (χ1v) is 6.75. The Balaban J connectivity index is 0.000000557. The fourth-order valence-electron chi connectivity index (χ4n) is 0.929. The number of halogens is 1. The number of phenolic OH excluding ortho intramolecular Hbond substituents is 1. The summed E-state index contributed by atoms with van der Waals surface area (Å²) in [6.07, 6.45) is 2.22. The van der Waals surface area contributed by atoms with Crippen molar-refractivity contribution < 1.29 is 15.0 Å². The Hall–Kier alpha value is -0.870. The lowest BCUT2D eigenvalue weighted by Crippen LogP contribution is -1.81. The van der Waals surface area contributed by atoms with Gasteiger partial charge in [-0.2, -0.15) is 0 Å².